The molecule has 0 amide bonds. The van der Waals surface area contributed by atoms with Crippen LogP contribution in [0.2, 0.25) is 0 Å². The van der Waals surface area contributed by atoms with Crippen LogP contribution in [0.1, 0.15) is 17.2 Å². The molecule has 4 N–H and O–H groups in total. The summed E-state index contributed by atoms with van der Waals surface area (Å²) < 4.78 is 2.77. The van der Waals surface area contributed by atoms with Gasteiger partial charge in [-0.2, -0.15) is 0 Å². The number of aromatic nitrogens is 2. The molecule has 1 atom stereocenters. The third kappa shape index (κ3) is 2.88. The van der Waals surface area contributed by atoms with Gasteiger partial charge in [0.2, 0.25) is 0 Å². The predicted molar refractivity (Wildman–Crippen MR) is 94.5 cm³/mol. The molecule has 1 aromatic heterocycles. The lowest BCUT2D eigenvalue weighted by atomic mass is 9.99. The number of H-pyrrole nitrogens is 2. The molecule has 0 saturated carbocycles. The average molecular weight is 476 g/mol. The first-order valence-corrected chi connectivity index (χ1v) is 8.45. The SMILES string of the molecule is NC(c1ccc(Br)cc1Br)c1cc2[nH]c(=O)[nH]c2cc1Br. The third-order valence-corrected chi connectivity index (χ3v) is 5.13. The van der Waals surface area contributed by atoms with Crippen LogP contribution in [0.5, 0.6) is 0 Å². The standard InChI is InChI=1S/C14H10Br3N3O/c15-6-1-2-7(9(16)3-6)13(18)8-4-11-12(5-10(8)17)20-14(21)19-11/h1-5,13H,18H2,(H2,19,20,21). The Morgan fingerprint density at radius 2 is 1.52 bits per heavy atom. The average Bonchev–Trinajstić information content (AvgIpc) is 2.76. The highest BCUT2D eigenvalue weighted by atomic mass is 79.9. The Hall–Kier alpha value is -0.890. The van der Waals surface area contributed by atoms with Crippen LogP contribution in [0.3, 0.4) is 0 Å². The smallest absolute Gasteiger partial charge is 0.320 e. The topological polar surface area (TPSA) is 74.7 Å². The van der Waals surface area contributed by atoms with Gasteiger partial charge in [-0.3, -0.25) is 0 Å². The molecule has 21 heavy (non-hydrogen) atoms. The molecule has 0 aliphatic rings. The molecule has 108 valence electrons. The minimum Gasteiger partial charge on any atom is -0.320 e. The maximum atomic E-state index is 11.4. The predicted octanol–water partition coefficient (Wildman–Crippen LogP) is 4.19. The molecule has 3 rings (SSSR count). The Morgan fingerprint density at radius 1 is 0.905 bits per heavy atom. The van der Waals surface area contributed by atoms with Crippen molar-refractivity contribution < 1.29 is 0 Å². The highest BCUT2D eigenvalue weighted by Crippen LogP contribution is 2.34. The third-order valence-electron chi connectivity index (χ3n) is 3.27. The number of fused-ring (bicyclic) bond motifs is 1. The molecule has 1 unspecified atom stereocenters. The van der Waals surface area contributed by atoms with Gasteiger partial charge in [-0.25, -0.2) is 4.79 Å². The van der Waals surface area contributed by atoms with E-state index in [2.05, 4.69) is 57.8 Å². The Bertz CT molecular complexity index is 885. The Morgan fingerprint density at radius 3 is 2.19 bits per heavy atom. The molecule has 3 aromatic rings. The zero-order valence-electron chi connectivity index (χ0n) is 10.6. The fourth-order valence-corrected chi connectivity index (χ4v) is 4.12. The molecular weight excluding hydrogens is 466 g/mol. The Balaban J connectivity index is 2.14. The zero-order valence-corrected chi connectivity index (χ0v) is 15.3. The molecule has 7 heteroatoms. The van der Waals surface area contributed by atoms with Crippen molar-refractivity contribution in [2.45, 2.75) is 6.04 Å². The van der Waals surface area contributed by atoms with Crippen molar-refractivity contribution in [3.63, 3.8) is 0 Å². The first-order chi connectivity index (χ1) is 9.95. The van der Waals surface area contributed by atoms with E-state index in [1.54, 1.807) is 0 Å². The van der Waals surface area contributed by atoms with Gasteiger partial charge in [0.25, 0.3) is 0 Å². The highest BCUT2D eigenvalue weighted by Gasteiger charge is 2.17. The van der Waals surface area contributed by atoms with Gasteiger partial charge >= 0.3 is 5.69 Å². The van der Waals surface area contributed by atoms with Crippen LogP contribution in [-0.4, -0.2) is 9.97 Å². The van der Waals surface area contributed by atoms with Crippen LogP contribution in [0.15, 0.2) is 48.5 Å². The summed E-state index contributed by atoms with van der Waals surface area (Å²) in [5.74, 6) is 0. The molecule has 0 bridgehead atoms. The fourth-order valence-electron chi connectivity index (χ4n) is 2.23. The molecule has 0 spiro atoms. The monoisotopic (exact) mass is 473 g/mol. The Kier molecular flexibility index (Phi) is 4.09. The number of rotatable bonds is 2. The first-order valence-electron chi connectivity index (χ1n) is 6.07. The second kappa shape index (κ2) is 5.72. The molecule has 0 radical (unpaired) electrons. The number of aromatic amines is 2. The number of halogens is 3. The van der Waals surface area contributed by atoms with E-state index >= 15 is 0 Å². The minimum atomic E-state index is -0.315. The number of hydrogen-bond acceptors (Lipinski definition) is 2. The molecule has 0 fully saturated rings. The second-order valence-corrected chi connectivity index (χ2v) is 7.27. The summed E-state index contributed by atoms with van der Waals surface area (Å²) in [5.41, 5.74) is 9.52. The van der Waals surface area contributed by atoms with Crippen molar-refractivity contribution >= 4 is 58.8 Å². The number of imidazole rings is 1. The van der Waals surface area contributed by atoms with E-state index in [0.29, 0.717) is 0 Å². The molecule has 0 aliphatic heterocycles. The van der Waals surface area contributed by atoms with E-state index in [1.165, 1.54) is 0 Å². The van der Waals surface area contributed by atoms with Crippen LogP contribution in [0, 0.1) is 0 Å². The fraction of sp³-hybridized carbons (Fsp3) is 0.0714. The van der Waals surface area contributed by atoms with Crippen molar-refractivity contribution in [3.05, 3.63) is 65.4 Å². The maximum Gasteiger partial charge on any atom is 0.323 e. The van der Waals surface area contributed by atoms with Gasteiger partial charge < -0.3 is 15.7 Å². The number of nitrogens with two attached hydrogens (primary N) is 1. The summed E-state index contributed by atoms with van der Waals surface area (Å²) in [6.45, 7) is 0. The molecule has 0 aliphatic carbocycles. The molecular formula is C14H10Br3N3O. The van der Waals surface area contributed by atoms with E-state index < -0.39 is 0 Å². The largest absolute Gasteiger partial charge is 0.323 e. The van der Waals surface area contributed by atoms with Gasteiger partial charge in [-0.15, -0.1) is 0 Å². The summed E-state index contributed by atoms with van der Waals surface area (Å²) in [5, 5.41) is 0. The highest BCUT2D eigenvalue weighted by molar-refractivity contribution is 9.11. The minimum absolute atomic E-state index is 0.229. The summed E-state index contributed by atoms with van der Waals surface area (Å²) in [7, 11) is 0. The van der Waals surface area contributed by atoms with Crippen LogP contribution >= 0.6 is 47.8 Å². The summed E-state index contributed by atoms with van der Waals surface area (Å²) in [4.78, 5) is 16.8. The molecule has 0 saturated heterocycles. The van der Waals surface area contributed by atoms with Crippen molar-refractivity contribution in [1.29, 1.82) is 0 Å². The first kappa shape index (κ1) is 15.0. The number of nitrogens with one attached hydrogen (secondary N) is 2. The van der Waals surface area contributed by atoms with E-state index in [-0.39, 0.29) is 11.7 Å². The number of hydrogen-bond donors (Lipinski definition) is 3. The molecule has 2 aromatic carbocycles. The summed E-state index contributed by atoms with van der Waals surface area (Å²) in [6, 6.07) is 9.30. The van der Waals surface area contributed by atoms with Crippen LogP contribution in [0.25, 0.3) is 11.0 Å². The van der Waals surface area contributed by atoms with Crippen molar-refractivity contribution in [2.24, 2.45) is 5.73 Å². The lowest BCUT2D eigenvalue weighted by Gasteiger charge is -2.16. The van der Waals surface area contributed by atoms with E-state index in [0.717, 1.165) is 35.6 Å². The quantitative estimate of drug-likeness (QED) is 0.520. The summed E-state index contributed by atoms with van der Waals surface area (Å²) in [6.07, 6.45) is 0. The van der Waals surface area contributed by atoms with Crippen LogP contribution in [0.4, 0.5) is 0 Å². The van der Waals surface area contributed by atoms with Gasteiger partial charge in [-0.05, 0) is 35.4 Å². The lowest BCUT2D eigenvalue weighted by molar-refractivity contribution is 0.861. The van der Waals surface area contributed by atoms with Gasteiger partial charge in [0.1, 0.15) is 0 Å². The molecule has 4 nitrogen and oxygen atoms in total. The van der Waals surface area contributed by atoms with E-state index in [1.807, 2.05) is 30.3 Å². The lowest BCUT2D eigenvalue weighted by Crippen LogP contribution is -2.13. The normalized spacial score (nSPS) is 12.8. The van der Waals surface area contributed by atoms with E-state index in [4.69, 9.17) is 5.73 Å². The van der Waals surface area contributed by atoms with Crippen LogP contribution in [-0.2, 0) is 0 Å². The second-order valence-electron chi connectivity index (χ2n) is 4.64. The van der Waals surface area contributed by atoms with Crippen molar-refractivity contribution in [3.8, 4) is 0 Å². The van der Waals surface area contributed by atoms with Crippen LogP contribution < -0.4 is 11.4 Å². The van der Waals surface area contributed by atoms with Gasteiger partial charge in [-0.1, -0.05) is 53.9 Å². The molecule has 1 heterocycles. The van der Waals surface area contributed by atoms with Gasteiger partial charge in [0, 0.05) is 13.4 Å². The Labute approximate surface area is 145 Å². The zero-order chi connectivity index (χ0) is 15.1. The summed E-state index contributed by atoms with van der Waals surface area (Å²) >= 11 is 10.5. The number of benzene rings is 2. The van der Waals surface area contributed by atoms with Crippen molar-refractivity contribution in [1.82, 2.24) is 9.97 Å². The van der Waals surface area contributed by atoms with E-state index in [9.17, 15) is 4.79 Å². The van der Waals surface area contributed by atoms with Gasteiger partial charge in [0.05, 0.1) is 17.1 Å². The van der Waals surface area contributed by atoms with Gasteiger partial charge in [0.15, 0.2) is 0 Å². The maximum absolute atomic E-state index is 11.4. The van der Waals surface area contributed by atoms with Crippen molar-refractivity contribution in [2.75, 3.05) is 0 Å².